The van der Waals surface area contributed by atoms with Crippen molar-refractivity contribution in [3.8, 4) is 5.82 Å². The van der Waals surface area contributed by atoms with Gasteiger partial charge in [-0.15, -0.1) is 24.0 Å². The molecule has 0 saturated carbocycles. The van der Waals surface area contributed by atoms with Gasteiger partial charge in [-0.1, -0.05) is 24.3 Å². The lowest BCUT2D eigenvalue weighted by molar-refractivity contribution is 0.372. The number of para-hydroxylation sites is 1. The van der Waals surface area contributed by atoms with E-state index in [4.69, 9.17) is 4.99 Å². The number of guanidine groups is 1. The summed E-state index contributed by atoms with van der Waals surface area (Å²) in [6.07, 6.45) is 1.90. The molecular weight excluding hydrogens is 513 g/mol. The molecule has 1 aromatic carbocycles. The van der Waals surface area contributed by atoms with Crippen molar-refractivity contribution in [1.82, 2.24) is 25.0 Å². The molecule has 1 N–H and O–H groups in total. The van der Waals surface area contributed by atoms with Crippen LogP contribution >= 0.6 is 24.0 Å². The second-order valence-corrected chi connectivity index (χ2v) is 7.84. The molecule has 3 aromatic rings. The first-order valence-electron chi connectivity index (χ1n) is 11.0. The normalized spacial score (nSPS) is 14.3. The molecule has 8 heteroatoms. The van der Waals surface area contributed by atoms with E-state index in [0.717, 1.165) is 61.5 Å². The SMILES string of the molecule is CCNC(=NCc1ccc(-n2nc(C)cc2C)nc1)N1CCN(c2ccccc2)CC1.I. The maximum absolute atomic E-state index is 4.88. The lowest BCUT2D eigenvalue weighted by Gasteiger charge is -2.37. The van der Waals surface area contributed by atoms with Crippen molar-refractivity contribution in [3.05, 3.63) is 71.7 Å². The molecule has 4 rings (SSSR count). The first-order valence-corrected chi connectivity index (χ1v) is 11.0. The Morgan fingerprint density at radius 2 is 1.78 bits per heavy atom. The van der Waals surface area contributed by atoms with Gasteiger partial charge in [0.15, 0.2) is 11.8 Å². The molecule has 170 valence electrons. The van der Waals surface area contributed by atoms with Crippen LogP contribution in [-0.4, -0.2) is 58.3 Å². The van der Waals surface area contributed by atoms with E-state index in [9.17, 15) is 0 Å². The number of anilines is 1. The molecule has 32 heavy (non-hydrogen) atoms. The number of benzene rings is 1. The van der Waals surface area contributed by atoms with Gasteiger partial charge in [0.1, 0.15) is 0 Å². The minimum atomic E-state index is 0. The standard InChI is InChI=1S/C24H31N7.HI/c1-4-25-24(30-14-12-29(13-15-30)22-8-6-5-7-9-22)27-18-21-10-11-23(26-17-21)31-20(3)16-19(2)28-31;/h5-11,16-17H,4,12-15,18H2,1-3H3,(H,25,27);1H. The fourth-order valence-corrected chi connectivity index (χ4v) is 3.90. The molecule has 0 spiro atoms. The molecule has 0 bridgehead atoms. The Kier molecular flexibility index (Phi) is 8.49. The number of piperazine rings is 1. The first kappa shape index (κ1) is 24.0. The molecule has 3 heterocycles. The lowest BCUT2D eigenvalue weighted by Crippen LogP contribution is -2.52. The van der Waals surface area contributed by atoms with Gasteiger partial charge >= 0.3 is 0 Å². The van der Waals surface area contributed by atoms with E-state index in [0.29, 0.717) is 6.54 Å². The van der Waals surface area contributed by atoms with Crippen LogP contribution in [0.1, 0.15) is 23.9 Å². The monoisotopic (exact) mass is 545 g/mol. The summed E-state index contributed by atoms with van der Waals surface area (Å²) in [5, 5.41) is 7.95. The fraction of sp³-hybridized carbons (Fsp3) is 0.375. The second kappa shape index (κ2) is 11.3. The highest BCUT2D eigenvalue weighted by atomic mass is 127. The largest absolute Gasteiger partial charge is 0.368 e. The molecule has 1 saturated heterocycles. The number of aromatic nitrogens is 3. The summed E-state index contributed by atoms with van der Waals surface area (Å²) < 4.78 is 1.87. The van der Waals surface area contributed by atoms with E-state index in [2.05, 4.69) is 74.6 Å². The molecule has 0 unspecified atom stereocenters. The van der Waals surface area contributed by atoms with Crippen molar-refractivity contribution in [1.29, 1.82) is 0 Å². The van der Waals surface area contributed by atoms with Gasteiger partial charge in [-0.25, -0.2) is 14.7 Å². The molecule has 0 radical (unpaired) electrons. The van der Waals surface area contributed by atoms with Gasteiger partial charge < -0.3 is 15.1 Å². The van der Waals surface area contributed by atoms with Gasteiger partial charge in [0, 0.05) is 50.3 Å². The number of nitrogens with one attached hydrogen (secondary N) is 1. The van der Waals surface area contributed by atoms with Crippen LogP contribution in [-0.2, 0) is 6.54 Å². The van der Waals surface area contributed by atoms with Gasteiger partial charge in [0.25, 0.3) is 0 Å². The number of aliphatic imine (C=N–C) groups is 1. The number of pyridine rings is 1. The predicted molar refractivity (Wildman–Crippen MR) is 141 cm³/mol. The minimum Gasteiger partial charge on any atom is -0.368 e. The van der Waals surface area contributed by atoms with E-state index in [-0.39, 0.29) is 24.0 Å². The smallest absolute Gasteiger partial charge is 0.194 e. The van der Waals surface area contributed by atoms with E-state index in [1.165, 1.54) is 5.69 Å². The van der Waals surface area contributed by atoms with Crippen LogP contribution in [0.4, 0.5) is 5.69 Å². The zero-order chi connectivity index (χ0) is 21.6. The highest BCUT2D eigenvalue weighted by molar-refractivity contribution is 14.0. The molecule has 0 aliphatic carbocycles. The molecular formula is C24H32IN7. The Morgan fingerprint density at radius 1 is 1.03 bits per heavy atom. The van der Waals surface area contributed by atoms with Gasteiger partial charge in [0.05, 0.1) is 12.2 Å². The maximum Gasteiger partial charge on any atom is 0.194 e. The minimum absolute atomic E-state index is 0. The van der Waals surface area contributed by atoms with Crippen LogP contribution in [0.15, 0.2) is 59.7 Å². The summed E-state index contributed by atoms with van der Waals surface area (Å²) in [5.41, 5.74) is 4.46. The van der Waals surface area contributed by atoms with Crippen LogP contribution in [0.2, 0.25) is 0 Å². The molecule has 1 aliphatic rings. The highest BCUT2D eigenvalue weighted by Crippen LogP contribution is 2.16. The van der Waals surface area contributed by atoms with Gasteiger partial charge in [-0.2, -0.15) is 5.10 Å². The average molecular weight is 545 g/mol. The average Bonchev–Trinajstić information content (AvgIpc) is 3.15. The van der Waals surface area contributed by atoms with Gasteiger partial charge in [-0.3, -0.25) is 0 Å². The van der Waals surface area contributed by atoms with E-state index >= 15 is 0 Å². The third kappa shape index (κ3) is 5.79. The van der Waals surface area contributed by atoms with Gasteiger partial charge in [0.2, 0.25) is 0 Å². The zero-order valence-corrected chi connectivity index (χ0v) is 21.4. The maximum atomic E-state index is 4.88. The van der Waals surface area contributed by atoms with Crippen molar-refractivity contribution >= 4 is 35.6 Å². The van der Waals surface area contributed by atoms with Crippen molar-refractivity contribution in [2.45, 2.75) is 27.3 Å². The Labute approximate surface area is 207 Å². The third-order valence-corrected chi connectivity index (χ3v) is 5.48. The van der Waals surface area contributed by atoms with Crippen molar-refractivity contribution in [2.75, 3.05) is 37.6 Å². The number of hydrogen-bond donors (Lipinski definition) is 1. The quantitative estimate of drug-likeness (QED) is 0.301. The van der Waals surface area contributed by atoms with Crippen LogP contribution in [0.3, 0.4) is 0 Å². The molecule has 1 fully saturated rings. The van der Waals surface area contributed by atoms with E-state index in [1.54, 1.807) is 0 Å². The summed E-state index contributed by atoms with van der Waals surface area (Å²) in [6, 6.07) is 16.8. The Bertz CT molecular complexity index is 1010. The molecule has 2 aromatic heterocycles. The first-order chi connectivity index (χ1) is 15.1. The van der Waals surface area contributed by atoms with Gasteiger partial charge in [-0.05, 0) is 50.6 Å². The highest BCUT2D eigenvalue weighted by Gasteiger charge is 2.19. The molecule has 0 atom stereocenters. The second-order valence-electron chi connectivity index (χ2n) is 7.84. The predicted octanol–water partition coefficient (Wildman–Crippen LogP) is 3.79. The summed E-state index contributed by atoms with van der Waals surface area (Å²) in [5.74, 6) is 1.81. The number of aryl methyl sites for hydroxylation is 2. The van der Waals surface area contributed by atoms with Crippen molar-refractivity contribution in [2.24, 2.45) is 4.99 Å². The number of rotatable bonds is 5. The van der Waals surface area contributed by atoms with Crippen LogP contribution in [0.25, 0.3) is 5.82 Å². The summed E-state index contributed by atoms with van der Waals surface area (Å²) in [4.78, 5) is 14.3. The Balaban J connectivity index is 0.00000289. The fourth-order valence-electron chi connectivity index (χ4n) is 3.90. The summed E-state index contributed by atoms with van der Waals surface area (Å²) in [7, 11) is 0. The lowest BCUT2D eigenvalue weighted by atomic mass is 10.2. The van der Waals surface area contributed by atoms with Crippen LogP contribution in [0, 0.1) is 13.8 Å². The van der Waals surface area contributed by atoms with Crippen LogP contribution in [0.5, 0.6) is 0 Å². The van der Waals surface area contributed by atoms with Crippen LogP contribution < -0.4 is 10.2 Å². The molecule has 0 amide bonds. The third-order valence-electron chi connectivity index (χ3n) is 5.48. The summed E-state index contributed by atoms with van der Waals surface area (Å²) in [6.45, 7) is 11.5. The van der Waals surface area contributed by atoms with Crippen molar-refractivity contribution < 1.29 is 0 Å². The van der Waals surface area contributed by atoms with E-state index < -0.39 is 0 Å². The van der Waals surface area contributed by atoms with Crippen molar-refractivity contribution in [3.63, 3.8) is 0 Å². The topological polar surface area (TPSA) is 61.6 Å². The Morgan fingerprint density at radius 3 is 2.38 bits per heavy atom. The molecule has 7 nitrogen and oxygen atoms in total. The summed E-state index contributed by atoms with van der Waals surface area (Å²) >= 11 is 0. The molecule has 1 aliphatic heterocycles. The van der Waals surface area contributed by atoms with E-state index in [1.807, 2.05) is 30.8 Å². The number of nitrogens with zero attached hydrogens (tertiary/aromatic N) is 6. The zero-order valence-electron chi connectivity index (χ0n) is 19.0. The Hall–Kier alpha value is -2.62. The number of halogens is 1. The number of hydrogen-bond acceptors (Lipinski definition) is 4.